The molecule has 0 bridgehead atoms. The topological polar surface area (TPSA) is 106 Å². The lowest BCUT2D eigenvalue weighted by atomic mass is 10.1. The fraction of sp³-hybridized carbons (Fsp3) is 0.182. The molecule has 1 aliphatic carbocycles. The van der Waals surface area contributed by atoms with E-state index in [2.05, 4.69) is 15.6 Å². The van der Waals surface area contributed by atoms with Gasteiger partial charge >= 0.3 is 0 Å². The Morgan fingerprint density at radius 2 is 2.03 bits per heavy atom. The molecule has 1 heterocycles. The summed E-state index contributed by atoms with van der Waals surface area (Å²) in [6, 6.07) is 13.7. The number of pyridine rings is 1. The SMILES string of the molecule is O=C(NCc1ccc(Oc2cccc(F)c2)nc1)c1ccc(NC2CC2)c([N+](=O)[O-])c1. The Morgan fingerprint density at radius 3 is 2.71 bits per heavy atom. The lowest BCUT2D eigenvalue weighted by Gasteiger charge is -2.09. The number of hydrogen-bond acceptors (Lipinski definition) is 6. The first-order valence-corrected chi connectivity index (χ1v) is 9.69. The molecule has 2 aromatic carbocycles. The van der Waals surface area contributed by atoms with Gasteiger partial charge in [-0.15, -0.1) is 0 Å². The van der Waals surface area contributed by atoms with Crippen LogP contribution in [0.5, 0.6) is 11.6 Å². The molecule has 1 aromatic heterocycles. The molecule has 1 amide bonds. The van der Waals surface area contributed by atoms with Crippen molar-refractivity contribution < 1.29 is 18.8 Å². The smallest absolute Gasteiger partial charge is 0.293 e. The fourth-order valence-electron chi connectivity index (χ4n) is 2.91. The van der Waals surface area contributed by atoms with Crippen molar-refractivity contribution in [3.63, 3.8) is 0 Å². The van der Waals surface area contributed by atoms with Gasteiger partial charge in [0.05, 0.1) is 4.92 Å². The van der Waals surface area contributed by atoms with Crippen LogP contribution < -0.4 is 15.4 Å². The van der Waals surface area contributed by atoms with Crippen LogP contribution in [0.15, 0.2) is 60.8 Å². The molecule has 1 aliphatic rings. The Kier molecular flexibility index (Phi) is 5.74. The second kappa shape index (κ2) is 8.78. The fourth-order valence-corrected chi connectivity index (χ4v) is 2.91. The summed E-state index contributed by atoms with van der Waals surface area (Å²) in [4.78, 5) is 27.4. The zero-order valence-corrected chi connectivity index (χ0v) is 16.4. The highest BCUT2D eigenvalue weighted by atomic mass is 19.1. The molecule has 0 radical (unpaired) electrons. The van der Waals surface area contributed by atoms with Crippen LogP contribution in [0, 0.1) is 15.9 Å². The van der Waals surface area contributed by atoms with Crippen LogP contribution in [0.1, 0.15) is 28.8 Å². The number of amides is 1. The van der Waals surface area contributed by atoms with Crippen LogP contribution >= 0.6 is 0 Å². The molecule has 9 heteroatoms. The number of nitrogens with zero attached hydrogens (tertiary/aromatic N) is 2. The van der Waals surface area contributed by atoms with Crippen LogP contribution in [0.25, 0.3) is 0 Å². The van der Waals surface area contributed by atoms with Crippen molar-refractivity contribution in [1.82, 2.24) is 10.3 Å². The quantitative estimate of drug-likeness (QED) is 0.411. The average molecular weight is 422 g/mol. The Bertz CT molecular complexity index is 1120. The Hall–Kier alpha value is -4.01. The standard InChI is InChI=1S/C22H19FN4O4/c23-16-2-1-3-18(11-16)31-21-9-4-14(12-24-21)13-25-22(28)15-5-8-19(26-17-6-7-17)20(10-15)27(29)30/h1-5,8-12,17,26H,6-7,13H2,(H,25,28). The normalized spacial score (nSPS) is 12.8. The van der Waals surface area contributed by atoms with E-state index in [0.29, 0.717) is 17.0 Å². The highest BCUT2D eigenvalue weighted by Crippen LogP contribution is 2.31. The molecule has 0 atom stereocenters. The van der Waals surface area contributed by atoms with Crippen LogP contribution in [0.4, 0.5) is 15.8 Å². The second-order valence-electron chi connectivity index (χ2n) is 7.15. The Labute approximate surface area is 177 Å². The second-order valence-corrected chi connectivity index (χ2v) is 7.15. The number of ether oxygens (including phenoxy) is 1. The molecule has 4 rings (SSSR count). The van der Waals surface area contributed by atoms with Crippen LogP contribution in [-0.4, -0.2) is 21.9 Å². The number of nitro groups is 1. The van der Waals surface area contributed by atoms with Crippen LogP contribution in [0.3, 0.4) is 0 Å². The third kappa shape index (κ3) is 5.33. The lowest BCUT2D eigenvalue weighted by molar-refractivity contribution is -0.384. The van der Waals surface area contributed by atoms with E-state index in [9.17, 15) is 19.3 Å². The van der Waals surface area contributed by atoms with Gasteiger partial charge in [0.15, 0.2) is 0 Å². The number of benzene rings is 2. The number of carbonyl (C=O) groups is 1. The molecule has 8 nitrogen and oxygen atoms in total. The summed E-state index contributed by atoms with van der Waals surface area (Å²) >= 11 is 0. The number of nitro benzene ring substituents is 1. The van der Waals surface area contributed by atoms with Gasteiger partial charge in [-0.2, -0.15) is 0 Å². The van der Waals surface area contributed by atoms with Crippen molar-refractivity contribution in [3.8, 4) is 11.6 Å². The van der Waals surface area contributed by atoms with Gasteiger partial charge in [-0.05, 0) is 42.7 Å². The first-order chi connectivity index (χ1) is 15.0. The average Bonchev–Trinajstić information content (AvgIpc) is 3.57. The summed E-state index contributed by atoms with van der Waals surface area (Å²) in [7, 11) is 0. The maximum Gasteiger partial charge on any atom is 0.293 e. The van der Waals surface area contributed by atoms with Gasteiger partial charge in [-0.1, -0.05) is 12.1 Å². The van der Waals surface area contributed by atoms with Gasteiger partial charge in [-0.25, -0.2) is 9.37 Å². The zero-order chi connectivity index (χ0) is 21.8. The number of nitrogens with one attached hydrogen (secondary N) is 2. The molecule has 0 saturated heterocycles. The van der Waals surface area contributed by atoms with E-state index < -0.39 is 16.6 Å². The van der Waals surface area contributed by atoms with Crippen molar-refractivity contribution in [2.45, 2.75) is 25.4 Å². The summed E-state index contributed by atoms with van der Waals surface area (Å²) in [6.45, 7) is 0.182. The molecule has 158 valence electrons. The van der Waals surface area contributed by atoms with Gasteiger partial charge in [0.25, 0.3) is 11.6 Å². The number of halogens is 1. The molecule has 1 saturated carbocycles. The maximum atomic E-state index is 13.2. The predicted molar refractivity (Wildman–Crippen MR) is 112 cm³/mol. The first kappa shape index (κ1) is 20.3. The van der Waals surface area contributed by atoms with Gasteiger partial charge < -0.3 is 15.4 Å². The first-order valence-electron chi connectivity index (χ1n) is 9.69. The summed E-state index contributed by atoms with van der Waals surface area (Å²) in [5.74, 6) is -0.223. The van der Waals surface area contributed by atoms with E-state index in [0.717, 1.165) is 12.8 Å². The van der Waals surface area contributed by atoms with Gasteiger partial charge in [0.1, 0.15) is 17.3 Å². The highest BCUT2D eigenvalue weighted by molar-refractivity contribution is 5.95. The summed E-state index contributed by atoms with van der Waals surface area (Å²) in [6.07, 6.45) is 3.50. The van der Waals surface area contributed by atoms with E-state index in [4.69, 9.17) is 4.74 Å². The molecule has 31 heavy (non-hydrogen) atoms. The molecule has 0 unspecified atom stereocenters. The highest BCUT2D eigenvalue weighted by Gasteiger charge is 2.25. The van der Waals surface area contributed by atoms with E-state index in [1.165, 1.54) is 30.5 Å². The number of carbonyl (C=O) groups excluding carboxylic acids is 1. The summed E-state index contributed by atoms with van der Waals surface area (Å²) in [5, 5.41) is 17.2. The van der Waals surface area contributed by atoms with Crippen LogP contribution in [0.2, 0.25) is 0 Å². The van der Waals surface area contributed by atoms with Gasteiger partial charge in [0.2, 0.25) is 5.88 Å². The molecule has 0 spiro atoms. The third-order valence-electron chi connectivity index (χ3n) is 4.66. The molecular weight excluding hydrogens is 403 g/mol. The van der Waals surface area contributed by atoms with Crippen molar-refractivity contribution in [3.05, 3.63) is 87.9 Å². The largest absolute Gasteiger partial charge is 0.439 e. The minimum Gasteiger partial charge on any atom is -0.439 e. The maximum absolute atomic E-state index is 13.2. The zero-order valence-electron chi connectivity index (χ0n) is 16.4. The Morgan fingerprint density at radius 1 is 1.19 bits per heavy atom. The van der Waals surface area contributed by atoms with E-state index in [1.54, 1.807) is 30.3 Å². The number of anilines is 1. The number of hydrogen-bond donors (Lipinski definition) is 2. The van der Waals surface area contributed by atoms with Gasteiger partial charge in [0, 0.05) is 42.5 Å². The predicted octanol–water partition coefficient (Wildman–Crippen LogP) is 4.43. The minimum atomic E-state index is -0.497. The molecule has 2 N–H and O–H groups in total. The van der Waals surface area contributed by atoms with Crippen molar-refractivity contribution in [1.29, 1.82) is 0 Å². The van der Waals surface area contributed by atoms with Crippen molar-refractivity contribution >= 4 is 17.3 Å². The monoisotopic (exact) mass is 422 g/mol. The molecule has 1 fully saturated rings. The minimum absolute atomic E-state index is 0.125. The Balaban J connectivity index is 1.37. The molecular formula is C22H19FN4O4. The van der Waals surface area contributed by atoms with Crippen molar-refractivity contribution in [2.24, 2.45) is 0 Å². The third-order valence-corrected chi connectivity index (χ3v) is 4.66. The van der Waals surface area contributed by atoms with Gasteiger partial charge in [-0.3, -0.25) is 14.9 Å². The van der Waals surface area contributed by atoms with Crippen molar-refractivity contribution in [2.75, 3.05) is 5.32 Å². The molecule has 0 aliphatic heterocycles. The van der Waals surface area contributed by atoms with E-state index in [-0.39, 0.29) is 29.7 Å². The van der Waals surface area contributed by atoms with E-state index in [1.807, 2.05) is 0 Å². The summed E-state index contributed by atoms with van der Waals surface area (Å²) < 4.78 is 18.7. The lowest BCUT2D eigenvalue weighted by Crippen LogP contribution is -2.23. The number of rotatable bonds is 8. The number of aromatic nitrogens is 1. The summed E-state index contributed by atoms with van der Waals surface area (Å²) in [5.41, 5.74) is 1.20. The molecule has 3 aromatic rings. The van der Waals surface area contributed by atoms with Crippen LogP contribution in [-0.2, 0) is 6.54 Å². The van der Waals surface area contributed by atoms with E-state index >= 15 is 0 Å².